The Balaban J connectivity index is 0.000000207. The Labute approximate surface area is 131 Å². The summed E-state index contributed by atoms with van der Waals surface area (Å²) in [5, 5.41) is 20.0. The molecular weight excluding hydrogens is 300 g/mol. The van der Waals surface area contributed by atoms with Crippen LogP contribution in [0.25, 0.3) is 11.0 Å². The molecule has 3 N–H and O–H groups in total. The number of rotatable bonds is 4. The molecule has 1 unspecified atom stereocenters. The molecule has 2 aromatic rings. The Bertz CT molecular complexity index is 691. The van der Waals surface area contributed by atoms with E-state index in [1.807, 2.05) is 18.2 Å². The van der Waals surface area contributed by atoms with Crippen LogP contribution < -0.4 is 5.32 Å². The Morgan fingerprint density at radius 2 is 1.96 bits per heavy atom. The van der Waals surface area contributed by atoms with Gasteiger partial charge in [-0.15, -0.1) is 0 Å². The quantitative estimate of drug-likeness (QED) is 0.740. The van der Waals surface area contributed by atoms with E-state index in [4.69, 9.17) is 14.6 Å². The van der Waals surface area contributed by atoms with E-state index in [2.05, 4.69) is 22.4 Å². The Hall–Kier alpha value is -3.09. The van der Waals surface area contributed by atoms with Gasteiger partial charge in [0.1, 0.15) is 11.3 Å². The summed E-state index contributed by atoms with van der Waals surface area (Å²) in [6.07, 6.45) is 3.78. The first kappa shape index (κ1) is 16.3. The molecule has 0 bridgehead atoms. The Kier molecular flexibility index (Phi) is 5.51. The molecule has 0 amide bonds. The Morgan fingerprint density at radius 1 is 1.26 bits per heavy atom. The summed E-state index contributed by atoms with van der Waals surface area (Å²) in [6.45, 7) is 0.844. The fraction of sp³-hybridized carbons (Fsp3) is 0.188. The number of fused-ring (bicyclic) bond motifs is 1. The number of para-hydroxylation sites is 1. The molecule has 1 aliphatic rings. The number of hydrogen-bond donors (Lipinski definition) is 3. The van der Waals surface area contributed by atoms with Gasteiger partial charge in [-0.1, -0.05) is 18.2 Å². The van der Waals surface area contributed by atoms with E-state index in [0.717, 1.165) is 24.3 Å². The lowest BCUT2D eigenvalue weighted by Crippen LogP contribution is -2.26. The van der Waals surface area contributed by atoms with Crippen molar-refractivity contribution in [1.82, 2.24) is 5.32 Å². The van der Waals surface area contributed by atoms with Crippen molar-refractivity contribution in [2.24, 2.45) is 4.99 Å². The largest absolute Gasteiger partial charge is 0.478 e. The monoisotopic (exact) mass is 316 g/mol. The van der Waals surface area contributed by atoms with Gasteiger partial charge >= 0.3 is 11.9 Å². The normalized spacial score (nSPS) is 16.1. The third-order valence-corrected chi connectivity index (χ3v) is 3.02. The average molecular weight is 316 g/mol. The second-order valence-electron chi connectivity index (χ2n) is 4.82. The van der Waals surface area contributed by atoms with Crippen molar-refractivity contribution in [3.05, 3.63) is 48.2 Å². The average Bonchev–Trinajstić information content (AvgIpc) is 3.14. The molecule has 0 saturated heterocycles. The van der Waals surface area contributed by atoms with Crippen LogP contribution in [0.3, 0.4) is 0 Å². The fourth-order valence-electron chi connectivity index (χ4n) is 2.04. The highest BCUT2D eigenvalue weighted by Gasteiger charge is 2.13. The minimum Gasteiger partial charge on any atom is -0.478 e. The maximum atomic E-state index is 9.55. The summed E-state index contributed by atoms with van der Waals surface area (Å²) in [5.41, 5.74) is 0.964. The molecule has 120 valence electrons. The van der Waals surface area contributed by atoms with Crippen molar-refractivity contribution in [2.75, 3.05) is 6.54 Å². The van der Waals surface area contributed by atoms with Gasteiger partial charge in [-0.25, -0.2) is 9.59 Å². The van der Waals surface area contributed by atoms with Gasteiger partial charge in [0.05, 0.1) is 18.9 Å². The lowest BCUT2D eigenvalue weighted by atomic mass is 10.1. The van der Waals surface area contributed by atoms with Crippen molar-refractivity contribution in [3.63, 3.8) is 0 Å². The SMILES string of the molecule is C1=NCC(Cc2cc3ccccc3o2)N1.O=C(O)/C=C/C(=O)O. The number of nitrogens with zero attached hydrogens (tertiary/aromatic N) is 1. The number of carbonyl (C=O) groups is 2. The number of nitrogens with one attached hydrogen (secondary N) is 1. The zero-order valence-electron chi connectivity index (χ0n) is 12.2. The van der Waals surface area contributed by atoms with Gasteiger partial charge in [0.2, 0.25) is 0 Å². The number of aliphatic carboxylic acids is 2. The van der Waals surface area contributed by atoms with Gasteiger partial charge in [0, 0.05) is 24.0 Å². The molecular formula is C16H16N2O5. The first-order valence-corrected chi connectivity index (χ1v) is 6.90. The predicted molar refractivity (Wildman–Crippen MR) is 84.6 cm³/mol. The molecule has 0 aliphatic carbocycles. The highest BCUT2D eigenvalue weighted by Crippen LogP contribution is 2.20. The molecule has 23 heavy (non-hydrogen) atoms. The molecule has 0 spiro atoms. The predicted octanol–water partition coefficient (Wildman–Crippen LogP) is 1.69. The molecule has 3 rings (SSSR count). The number of furan rings is 1. The van der Waals surface area contributed by atoms with Crippen LogP contribution in [0.4, 0.5) is 0 Å². The minimum absolute atomic E-state index is 0.394. The first-order chi connectivity index (χ1) is 11.0. The fourth-order valence-corrected chi connectivity index (χ4v) is 2.04. The van der Waals surface area contributed by atoms with Crippen molar-refractivity contribution < 1.29 is 24.2 Å². The lowest BCUT2D eigenvalue weighted by Gasteiger charge is -2.05. The van der Waals surface area contributed by atoms with E-state index < -0.39 is 11.9 Å². The third kappa shape index (κ3) is 5.31. The zero-order chi connectivity index (χ0) is 16.7. The summed E-state index contributed by atoms with van der Waals surface area (Å²) in [4.78, 5) is 23.2. The standard InChI is InChI=1S/C12H12N2O.C4H4O4/c1-2-4-12-9(3-1)5-11(15-12)6-10-7-13-8-14-10;5-3(6)1-2-4(7)8/h1-5,8,10H,6-7H2,(H,13,14);1-2H,(H,5,6)(H,7,8)/b;2-1+. The van der Waals surface area contributed by atoms with E-state index in [-0.39, 0.29) is 0 Å². The summed E-state index contributed by atoms with van der Waals surface area (Å²) in [6, 6.07) is 10.6. The second kappa shape index (κ2) is 7.79. The Morgan fingerprint density at radius 3 is 2.52 bits per heavy atom. The van der Waals surface area contributed by atoms with E-state index >= 15 is 0 Å². The lowest BCUT2D eigenvalue weighted by molar-refractivity contribution is -0.134. The summed E-state index contributed by atoms with van der Waals surface area (Å²) in [7, 11) is 0. The molecule has 1 atom stereocenters. The van der Waals surface area contributed by atoms with Crippen LogP contribution in [0.1, 0.15) is 5.76 Å². The molecule has 1 aromatic heterocycles. The first-order valence-electron chi connectivity index (χ1n) is 6.90. The maximum Gasteiger partial charge on any atom is 0.328 e. The van der Waals surface area contributed by atoms with Gasteiger partial charge < -0.3 is 19.9 Å². The molecule has 0 radical (unpaired) electrons. The van der Waals surface area contributed by atoms with Gasteiger partial charge in [-0.2, -0.15) is 0 Å². The molecule has 1 aromatic carbocycles. The van der Waals surface area contributed by atoms with Gasteiger partial charge in [0.15, 0.2) is 0 Å². The highest BCUT2D eigenvalue weighted by molar-refractivity contribution is 5.89. The van der Waals surface area contributed by atoms with Crippen molar-refractivity contribution in [1.29, 1.82) is 0 Å². The molecule has 0 fully saturated rings. The van der Waals surface area contributed by atoms with E-state index in [1.165, 1.54) is 5.39 Å². The van der Waals surface area contributed by atoms with Gasteiger partial charge in [-0.3, -0.25) is 4.99 Å². The molecule has 1 aliphatic heterocycles. The molecule has 7 heteroatoms. The number of aliphatic imine (C=N–C) groups is 1. The van der Waals surface area contributed by atoms with Crippen LogP contribution in [0.5, 0.6) is 0 Å². The van der Waals surface area contributed by atoms with Crippen LogP contribution >= 0.6 is 0 Å². The highest BCUT2D eigenvalue weighted by atomic mass is 16.4. The van der Waals surface area contributed by atoms with Crippen molar-refractivity contribution in [3.8, 4) is 0 Å². The van der Waals surface area contributed by atoms with Crippen LogP contribution in [0, 0.1) is 0 Å². The van der Waals surface area contributed by atoms with Crippen LogP contribution in [-0.2, 0) is 16.0 Å². The molecule has 7 nitrogen and oxygen atoms in total. The van der Waals surface area contributed by atoms with E-state index in [9.17, 15) is 9.59 Å². The number of hydrogen-bond acceptors (Lipinski definition) is 5. The summed E-state index contributed by atoms with van der Waals surface area (Å²) in [5.74, 6) is -1.49. The van der Waals surface area contributed by atoms with Gasteiger partial charge in [0.25, 0.3) is 0 Å². The second-order valence-corrected chi connectivity index (χ2v) is 4.82. The summed E-state index contributed by atoms with van der Waals surface area (Å²) < 4.78 is 5.73. The summed E-state index contributed by atoms with van der Waals surface area (Å²) >= 11 is 0. The maximum absolute atomic E-state index is 9.55. The molecule has 0 saturated carbocycles. The molecule has 2 heterocycles. The van der Waals surface area contributed by atoms with E-state index in [1.54, 1.807) is 6.34 Å². The smallest absolute Gasteiger partial charge is 0.328 e. The topological polar surface area (TPSA) is 112 Å². The van der Waals surface area contributed by atoms with Crippen LogP contribution in [0.15, 0.2) is 51.9 Å². The zero-order valence-corrected chi connectivity index (χ0v) is 12.2. The van der Waals surface area contributed by atoms with Crippen molar-refractivity contribution in [2.45, 2.75) is 12.5 Å². The van der Waals surface area contributed by atoms with Crippen LogP contribution in [0.2, 0.25) is 0 Å². The minimum atomic E-state index is -1.26. The van der Waals surface area contributed by atoms with Crippen molar-refractivity contribution >= 4 is 29.2 Å². The van der Waals surface area contributed by atoms with Crippen LogP contribution in [-0.4, -0.2) is 41.1 Å². The third-order valence-electron chi connectivity index (χ3n) is 3.02. The van der Waals surface area contributed by atoms with E-state index in [0.29, 0.717) is 18.2 Å². The number of carboxylic acids is 2. The number of benzene rings is 1. The van der Waals surface area contributed by atoms with Gasteiger partial charge in [-0.05, 0) is 12.1 Å². The number of carboxylic acid groups (broad SMARTS) is 2.